The van der Waals surface area contributed by atoms with Crippen molar-refractivity contribution in [1.82, 2.24) is 15.0 Å². The number of aromatic nitrogens is 2. The van der Waals surface area contributed by atoms with Crippen LogP contribution in [0.25, 0.3) is 0 Å². The molecular weight excluding hydrogens is 198 g/mol. The highest BCUT2D eigenvalue weighted by Gasteiger charge is 2.33. The Kier molecular flexibility index (Phi) is 2.65. The van der Waals surface area contributed by atoms with E-state index in [2.05, 4.69) is 10.1 Å². The zero-order valence-corrected chi connectivity index (χ0v) is 8.22. The minimum Gasteiger partial charge on any atom is -0.368 e. The highest BCUT2D eigenvalue weighted by molar-refractivity contribution is 5.80. The molecule has 2 heterocycles. The molecule has 4 N–H and O–H groups in total. The smallest absolute Gasteiger partial charge is 0.240 e. The topological polar surface area (TPSA) is 111 Å². The van der Waals surface area contributed by atoms with Gasteiger partial charge in [-0.1, -0.05) is 5.16 Å². The maximum absolute atomic E-state index is 10.9. The normalized spacial score (nSPS) is 21.3. The van der Waals surface area contributed by atoms with Crippen LogP contribution in [0.2, 0.25) is 0 Å². The van der Waals surface area contributed by atoms with E-state index in [4.69, 9.17) is 16.0 Å². The van der Waals surface area contributed by atoms with Crippen LogP contribution < -0.4 is 11.5 Å². The first-order chi connectivity index (χ1) is 7.20. The van der Waals surface area contributed by atoms with Crippen molar-refractivity contribution >= 4 is 5.91 Å². The van der Waals surface area contributed by atoms with Crippen molar-refractivity contribution in [2.24, 2.45) is 11.5 Å². The Balaban J connectivity index is 1.94. The predicted molar refractivity (Wildman–Crippen MR) is 50.2 cm³/mol. The molecular formula is C8H13N5O2. The molecule has 7 nitrogen and oxygen atoms in total. The SMILES string of the molecule is NCc1nc(CN2CCC2C(N)=O)no1. The highest BCUT2D eigenvalue weighted by Crippen LogP contribution is 2.18. The molecule has 1 atom stereocenters. The lowest BCUT2D eigenvalue weighted by Gasteiger charge is -2.37. The molecule has 0 saturated carbocycles. The zero-order chi connectivity index (χ0) is 10.8. The van der Waals surface area contributed by atoms with E-state index in [1.807, 2.05) is 4.90 Å². The Morgan fingerprint density at radius 2 is 2.47 bits per heavy atom. The van der Waals surface area contributed by atoms with Gasteiger partial charge < -0.3 is 16.0 Å². The third-order valence-corrected chi connectivity index (χ3v) is 2.49. The summed E-state index contributed by atoms with van der Waals surface area (Å²) < 4.78 is 4.85. The number of likely N-dealkylation sites (tertiary alicyclic amines) is 1. The number of hydrogen-bond acceptors (Lipinski definition) is 6. The Morgan fingerprint density at radius 1 is 1.67 bits per heavy atom. The molecule has 0 bridgehead atoms. The summed E-state index contributed by atoms with van der Waals surface area (Å²) in [6.07, 6.45) is 0.803. The second kappa shape index (κ2) is 3.95. The number of nitrogens with zero attached hydrogens (tertiary/aromatic N) is 3. The maximum Gasteiger partial charge on any atom is 0.240 e. The number of amides is 1. The summed E-state index contributed by atoms with van der Waals surface area (Å²) in [5, 5.41) is 3.74. The Bertz CT molecular complexity index is 364. The summed E-state index contributed by atoms with van der Waals surface area (Å²) in [4.78, 5) is 16.9. The minimum absolute atomic E-state index is 0.190. The number of nitrogens with two attached hydrogens (primary N) is 2. The van der Waals surface area contributed by atoms with E-state index in [0.29, 0.717) is 18.3 Å². The zero-order valence-electron chi connectivity index (χ0n) is 8.22. The highest BCUT2D eigenvalue weighted by atomic mass is 16.5. The van der Waals surface area contributed by atoms with E-state index in [9.17, 15) is 4.79 Å². The summed E-state index contributed by atoms with van der Waals surface area (Å²) in [5.41, 5.74) is 10.5. The molecule has 82 valence electrons. The van der Waals surface area contributed by atoms with Crippen LogP contribution in [-0.4, -0.2) is 33.5 Å². The second-order valence-corrected chi connectivity index (χ2v) is 3.49. The Labute approximate surface area is 86.4 Å². The first-order valence-electron chi connectivity index (χ1n) is 4.75. The largest absolute Gasteiger partial charge is 0.368 e. The summed E-state index contributed by atoms with van der Waals surface area (Å²) in [6.45, 7) is 1.55. The monoisotopic (exact) mass is 211 g/mol. The molecule has 15 heavy (non-hydrogen) atoms. The van der Waals surface area contributed by atoms with Gasteiger partial charge in [0, 0.05) is 6.54 Å². The molecule has 0 aliphatic carbocycles. The summed E-state index contributed by atoms with van der Waals surface area (Å²) >= 11 is 0. The molecule has 1 unspecified atom stereocenters. The first-order valence-corrected chi connectivity index (χ1v) is 4.75. The second-order valence-electron chi connectivity index (χ2n) is 3.49. The van der Waals surface area contributed by atoms with Gasteiger partial charge in [-0.3, -0.25) is 9.69 Å². The molecule has 1 aromatic heterocycles. The molecule has 1 saturated heterocycles. The van der Waals surface area contributed by atoms with Gasteiger partial charge in [0.15, 0.2) is 5.82 Å². The summed E-state index contributed by atoms with van der Waals surface area (Å²) in [5.74, 6) is 0.645. The van der Waals surface area contributed by atoms with E-state index >= 15 is 0 Å². The van der Waals surface area contributed by atoms with E-state index in [1.54, 1.807) is 0 Å². The fourth-order valence-corrected chi connectivity index (χ4v) is 1.57. The van der Waals surface area contributed by atoms with Crippen molar-refractivity contribution in [2.75, 3.05) is 6.54 Å². The van der Waals surface area contributed by atoms with Gasteiger partial charge in [-0.05, 0) is 6.42 Å². The summed E-state index contributed by atoms with van der Waals surface area (Å²) in [6, 6.07) is -0.190. The molecule has 0 spiro atoms. The molecule has 1 amide bonds. The molecule has 0 radical (unpaired) electrons. The van der Waals surface area contributed by atoms with Gasteiger partial charge in [0.1, 0.15) is 0 Å². The average molecular weight is 211 g/mol. The average Bonchev–Trinajstić information content (AvgIpc) is 2.59. The first kappa shape index (κ1) is 10.1. The molecule has 7 heteroatoms. The van der Waals surface area contributed by atoms with Crippen molar-refractivity contribution < 1.29 is 9.32 Å². The molecule has 1 fully saturated rings. The third-order valence-electron chi connectivity index (χ3n) is 2.49. The van der Waals surface area contributed by atoms with Crippen molar-refractivity contribution in [3.8, 4) is 0 Å². The van der Waals surface area contributed by atoms with E-state index in [0.717, 1.165) is 13.0 Å². The van der Waals surface area contributed by atoms with Crippen LogP contribution in [0.4, 0.5) is 0 Å². The van der Waals surface area contributed by atoms with Crippen LogP contribution in [0, 0.1) is 0 Å². The van der Waals surface area contributed by atoms with E-state index < -0.39 is 0 Å². The molecule has 0 aromatic carbocycles. The lowest BCUT2D eigenvalue weighted by molar-refractivity contribution is -0.127. The van der Waals surface area contributed by atoms with Crippen LogP contribution in [0.5, 0.6) is 0 Å². The number of hydrogen-bond donors (Lipinski definition) is 2. The fraction of sp³-hybridized carbons (Fsp3) is 0.625. The van der Waals surface area contributed by atoms with Crippen LogP contribution >= 0.6 is 0 Å². The number of rotatable bonds is 4. The standard InChI is InChI=1S/C8H13N5O2/c9-3-7-11-6(12-15-7)4-13-2-1-5(13)8(10)14/h5H,1-4,9H2,(H2,10,14). The van der Waals surface area contributed by atoms with Crippen molar-refractivity contribution in [3.05, 3.63) is 11.7 Å². The number of carbonyl (C=O) groups excluding carboxylic acids is 1. The number of carbonyl (C=O) groups is 1. The molecule has 2 rings (SSSR count). The molecule has 1 aliphatic heterocycles. The van der Waals surface area contributed by atoms with Crippen molar-refractivity contribution in [1.29, 1.82) is 0 Å². The maximum atomic E-state index is 10.9. The van der Waals surface area contributed by atoms with Gasteiger partial charge in [-0.2, -0.15) is 4.98 Å². The van der Waals surface area contributed by atoms with Crippen molar-refractivity contribution in [2.45, 2.75) is 25.6 Å². The van der Waals surface area contributed by atoms with Gasteiger partial charge in [0.2, 0.25) is 11.8 Å². The molecule has 1 aliphatic rings. The number of primary amides is 1. The Hall–Kier alpha value is -1.47. The predicted octanol–water partition coefficient (Wildman–Crippen LogP) is -1.41. The van der Waals surface area contributed by atoms with E-state index in [-0.39, 0.29) is 18.5 Å². The van der Waals surface area contributed by atoms with Crippen LogP contribution in [0.3, 0.4) is 0 Å². The molecule has 1 aromatic rings. The van der Waals surface area contributed by atoms with E-state index in [1.165, 1.54) is 0 Å². The summed E-state index contributed by atoms with van der Waals surface area (Å²) in [7, 11) is 0. The minimum atomic E-state index is -0.302. The van der Waals surface area contributed by atoms with Gasteiger partial charge in [-0.25, -0.2) is 0 Å². The van der Waals surface area contributed by atoms with Gasteiger partial charge >= 0.3 is 0 Å². The lowest BCUT2D eigenvalue weighted by atomic mass is 10.0. The van der Waals surface area contributed by atoms with Crippen LogP contribution in [0.1, 0.15) is 18.1 Å². The van der Waals surface area contributed by atoms with Gasteiger partial charge in [0.05, 0.1) is 19.1 Å². The lowest BCUT2D eigenvalue weighted by Crippen LogP contribution is -2.54. The Morgan fingerprint density at radius 3 is 2.93 bits per heavy atom. The third kappa shape index (κ3) is 1.97. The van der Waals surface area contributed by atoms with Crippen LogP contribution in [0.15, 0.2) is 4.52 Å². The fourth-order valence-electron chi connectivity index (χ4n) is 1.57. The quantitative estimate of drug-likeness (QED) is 0.632. The van der Waals surface area contributed by atoms with Gasteiger partial charge in [-0.15, -0.1) is 0 Å². The van der Waals surface area contributed by atoms with Gasteiger partial charge in [0.25, 0.3) is 0 Å². The van der Waals surface area contributed by atoms with Crippen LogP contribution in [-0.2, 0) is 17.9 Å². The van der Waals surface area contributed by atoms with Crippen molar-refractivity contribution in [3.63, 3.8) is 0 Å².